The minimum atomic E-state index is -0.302. The first kappa shape index (κ1) is 14.8. The van der Waals surface area contributed by atoms with Gasteiger partial charge >= 0.3 is 0 Å². The number of benzene rings is 2. The highest BCUT2D eigenvalue weighted by molar-refractivity contribution is 9.10. The number of rotatable bonds is 5. The van der Waals surface area contributed by atoms with Crippen molar-refractivity contribution in [1.82, 2.24) is 0 Å². The van der Waals surface area contributed by atoms with Crippen LogP contribution in [-0.4, -0.2) is 7.11 Å². The van der Waals surface area contributed by atoms with Gasteiger partial charge in [0.2, 0.25) is 0 Å². The first-order chi connectivity index (χ1) is 9.62. The highest BCUT2D eigenvalue weighted by atomic mass is 79.9. The highest BCUT2D eigenvalue weighted by Crippen LogP contribution is 2.29. The molecule has 0 aliphatic carbocycles. The zero-order valence-electron chi connectivity index (χ0n) is 11.0. The molecule has 2 aromatic carbocycles. The molecule has 0 atom stereocenters. The highest BCUT2D eigenvalue weighted by Gasteiger charge is 2.06. The molecular weight excluding hydrogens is 325 g/mol. The monoisotopic (exact) mass is 339 g/mol. The van der Waals surface area contributed by atoms with Crippen LogP contribution in [0.15, 0.2) is 40.9 Å². The van der Waals surface area contributed by atoms with Crippen molar-refractivity contribution in [2.75, 3.05) is 7.11 Å². The van der Waals surface area contributed by atoms with E-state index in [1.807, 2.05) is 18.2 Å². The summed E-state index contributed by atoms with van der Waals surface area (Å²) in [5.41, 5.74) is 7.28. The molecule has 0 aromatic heterocycles. The van der Waals surface area contributed by atoms with Gasteiger partial charge in [-0.05, 0) is 41.5 Å². The van der Waals surface area contributed by atoms with E-state index in [9.17, 15) is 4.39 Å². The van der Waals surface area contributed by atoms with Crippen molar-refractivity contribution in [2.24, 2.45) is 5.73 Å². The summed E-state index contributed by atoms with van der Waals surface area (Å²) in [5.74, 6) is 0.914. The van der Waals surface area contributed by atoms with Crippen molar-refractivity contribution in [3.8, 4) is 11.5 Å². The average Bonchev–Trinajstić information content (AvgIpc) is 2.44. The second-order valence-electron chi connectivity index (χ2n) is 4.26. The molecule has 20 heavy (non-hydrogen) atoms. The Bertz CT molecular complexity index is 584. The van der Waals surface area contributed by atoms with Gasteiger partial charge in [0.15, 0.2) is 11.5 Å². The van der Waals surface area contributed by atoms with Crippen LogP contribution in [0.1, 0.15) is 11.1 Å². The molecule has 2 rings (SSSR count). The minimum absolute atomic E-state index is 0.259. The Kier molecular flexibility index (Phi) is 4.98. The number of nitrogens with two attached hydrogens (primary N) is 1. The molecular formula is C15H15BrFNO2. The fourth-order valence-corrected chi connectivity index (χ4v) is 2.33. The molecule has 5 heteroatoms. The molecule has 0 radical (unpaired) electrons. The Morgan fingerprint density at radius 3 is 2.55 bits per heavy atom. The predicted octanol–water partition coefficient (Wildman–Crippen LogP) is 3.63. The van der Waals surface area contributed by atoms with Crippen LogP contribution in [0.4, 0.5) is 4.39 Å². The van der Waals surface area contributed by atoms with E-state index in [4.69, 9.17) is 15.2 Å². The molecule has 0 spiro atoms. The summed E-state index contributed by atoms with van der Waals surface area (Å²) >= 11 is 3.25. The van der Waals surface area contributed by atoms with Crippen molar-refractivity contribution < 1.29 is 13.9 Å². The Morgan fingerprint density at radius 1 is 1.10 bits per heavy atom. The quantitative estimate of drug-likeness (QED) is 0.904. The lowest BCUT2D eigenvalue weighted by atomic mass is 10.2. The van der Waals surface area contributed by atoms with E-state index in [0.29, 0.717) is 22.5 Å². The molecule has 0 aliphatic rings. The molecule has 0 fully saturated rings. The van der Waals surface area contributed by atoms with Gasteiger partial charge in [0, 0.05) is 11.0 Å². The van der Waals surface area contributed by atoms with E-state index in [-0.39, 0.29) is 12.4 Å². The van der Waals surface area contributed by atoms with E-state index in [0.717, 1.165) is 11.1 Å². The Morgan fingerprint density at radius 2 is 1.90 bits per heavy atom. The normalized spacial score (nSPS) is 10.4. The third kappa shape index (κ3) is 3.71. The van der Waals surface area contributed by atoms with Crippen LogP contribution in [0.2, 0.25) is 0 Å². The summed E-state index contributed by atoms with van der Waals surface area (Å²) in [6.45, 7) is 0.697. The van der Waals surface area contributed by atoms with E-state index in [2.05, 4.69) is 15.9 Å². The zero-order chi connectivity index (χ0) is 14.5. The Labute approximate surface area is 125 Å². The summed E-state index contributed by atoms with van der Waals surface area (Å²) in [4.78, 5) is 0. The van der Waals surface area contributed by atoms with Gasteiger partial charge in [-0.25, -0.2) is 4.39 Å². The third-order valence-corrected chi connectivity index (χ3v) is 3.24. The number of halogens is 2. The lowest BCUT2D eigenvalue weighted by molar-refractivity contribution is 0.284. The summed E-state index contributed by atoms with van der Waals surface area (Å²) in [7, 11) is 1.57. The van der Waals surface area contributed by atoms with Crippen LogP contribution in [0.5, 0.6) is 11.5 Å². The van der Waals surface area contributed by atoms with Gasteiger partial charge in [-0.1, -0.05) is 22.0 Å². The molecule has 3 nitrogen and oxygen atoms in total. The van der Waals surface area contributed by atoms with E-state index in [1.165, 1.54) is 12.1 Å². The second kappa shape index (κ2) is 6.72. The molecule has 2 N–H and O–H groups in total. The maximum atomic E-state index is 13.3. The number of methoxy groups -OCH3 is 1. The van der Waals surface area contributed by atoms with Gasteiger partial charge in [-0.15, -0.1) is 0 Å². The van der Waals surface area contributed by atoms with Crippen LogP contribution >= 0.6 is 15.9 Å². The summed E-state index contributed by atoms with van der Waals surface area (Å²) in [6, 6.07) is 10.2. The number of hydrogen-bond donors (Lipinski definition) is 1. The largest absolute Gasteiger partial charge is 0.493 e. The average molecular weight is 340 g/mol. The van der Waals surface area contributed by atoms with Crippen molar-refractivity contribution in [3.63, 3.8) is 0 Å². The molecule has 2 aromatic rings. The molecule has 0 heterocycles. The van der Waals surface area contributed by atoms with Gasteiger partial charge in [-0.3, -0.25) is 0 Å². The lowest BCUT2D eigenvalue weighted by Crippen LogP contribution is -2.01. The Balaban J connectivity index is 2.14. The van der Waals surface area contributed by atoms with Gasteiger partial charge < -0.3 is 15.2 Å². The molecule has 106 valence electrons. The van der Waals surface area contributed by atoms with Crippen LogP contribution in [0.3, 0.4) is 0 Å². The standard InChI is InChI=1S/C15H15BrFNO2/c1-19-15-6-10(8-18)2-3-14(15)20-9-11-4-12(16)7-13(17)5-11/h2-7H,8-9,18H2,1H3. The van der Waals surface area contributed by atoms with Crippen molar-refractivity contribution in [2.45, 2.75) is 13.2 Å². The van der Waals surface area contributed by atoms with Gasteiger partial charge in [-0.2, -0.15) is 0 Å². The lowest BCUT2D eigenvalue weighted by Gasteiger charge is -2.12. The van der Waals surface area contributed by atoms with Gasteiger partial charge in [0.25, 0.3) is 0 Å². The van der Waals surface area contributed by atoms with Gasteiger partial charge in [0.05, 0.1) is 7.11 Å². The molecule has 0 saturated carbocycles. The van der Waals surface area contributed by atoms with Crippen LogP contribution in [-0.2, 0) is 13.2 Å². The van der Waals surface area contributed by atoms with E-state index in [1.54, 1.807) is 13.2 Å². The van der Waals surface area contributed by atoms with Crippen molar-refractivity contribution in [3.05, 3.63) is 57.8 Å². The maximum Gasteiger partial charge on any atom is 0.161 e. The first-order valence-corrected chi connectivity index (χ1v) is 6.86. The smallest absolute Gasteiger partial charge is 0.161 e. The first-order valence-electron chi connectivity index (χ1n) is 6.07. The summed E-state index contributed by atoms with van der Waals surface area (Å²) in [6.07, 6.45) is 0. The predicted molar refractivity (Wildman–Crippen MR) is 79.3 cm³/mol. The third-order valence-electron chi connectivity index (χ3n) is 2.78. The molecule has 0 aliphatic heterocycles. The summed E-state index contributed by atoms with van der Waals surface area (Å²) < 4.78 is 24.9. The molecule has 0 bridgehead atoms. The van der Waals surface area contributed by atoms with Crippen LogP contribution < -0.4 is 15.2 Å². The van der Waals surface area contributed by atoms with Gasteiger partial charge in [0.1, 0.15) is 12.4 Å². The fourth-order valence-electron chi connectivity index (χ4n) is 1.81. The molecule has 0 unspecified atom stereocenters. The van der Waals surface area contributed by atoms with E-state index >= 15 is 0 Å². The van der Waals surface area contributed by atoms with Crippen molar-refractivity contribution in [1.29, 1.82) is 0 Å². The Hall–Kier alpha value is -1.59. The minimum Gasteiger partial charge on any atom is -0.493 e. The topological polar surface area (TPSA) is 44.5 Å². The van der Waals surface area contributed by atoms with Crippen molar-refractivity contribution >= 4 is 15.9 Å². The fraction of sp³-hybridized carbons (Fsp3) is 0.200. The van der Waals surface area contributed by atoms with E-state index < -0.39 is 0 Å². The molecule has 0 saturated heterocycles. The maximum absolute atomic E-state index is 13.3. The SMILES string of the molecule is COc1cc(CN)ccc1OCc1cc(F)cc(Br)c1. The molecule has 0 amide bonds. The summed E-state index contributed by atoms with van der Waals surface area (Å²) in [5, 5.41) is 0. The second-order valence-corrected chi connectivity index (χ2v) is 5.17. The number of hydrogen-bond acceptors (Lipinski definition) is 3. The van der Waals surface area contributed by atoms with Crippen LogP contribution in [0.25, 0.3) is 0 Å². The van der Waals surface area contributed by atoms with Crippen LogP contribution in [0, 0.1) is 5.82 Å². The zero-order valence-corrected chi connectivity index (χ0v) is 12.6. The number of ether oxygens (including phenoxy) is 2.